The van der Waals surface area contributed by atoms with Crippen molar-refractivity contribution in [3.63, 3.8) is 0 Å². The average molecular weight is 662 g/mol. The third kappa shape index (κ3) is 4.88. The van der Waals surface area contributed by atoms with Gasteiger partial charge >= 0.3 is 0 Å². The van der Waals surface area contributed by atoms with E-state index in [2.05, 4.69) is 170 Å². The van der Waals surface area contributed by atoms with Gasteiger partial charge in [-0.15, -0.1) is 0 Å². The molecular weight excluding hydrogens is 619 g/mol. The van der Waals surface area contributed by atoms with Crippen LogP contribution in [0.5, 0.6) is 0 Å². The fraction of sp³-hybridized carbons (Fsp3) is 0.224. The van der Waals surface area contributed by atoms with Crippen molar-refractivity contribution in [1.82, 2.24) is 0 Å². The van der Waals surface area contributed by atoms with Crippen LogP contribution in [0.15, 0.2) is 163 Å². The van der Waals surface area contributed by atoms with Crippen LogP contribution in [0.2, 0.25) is 0 Å². The predicted octanol–water partition coefficient (Wildman–Crippen LogP) is 12.2. The number of hydrogen-bond acceptors (Lipinski definition) is 2. The second-order valence-corrected chi connectivity index (χ2v) is 15.4. The zero-order valence-corrected chi connectivity index (χ0v) is 29.4. The molecule has 1 aliphatic heterocycles. The number of rotatable bonds is 5. The van der Waals surface area contributed by atoms with Crippen molar-refractivity contribution in [2.45, 2.75) is 63.2 Å². The Kier molecular flexibility index (Phi) is 7.18. The van der Waals surface area contributed by atoms with E-state index in [0.717, 1.165) is 25.7 Å². The number of fused-ring (bicyclic) bond motifs is 6. The first kappa shape index (κ1) is 30.6. The Labute approximate surface area is 301 Å². The summed E-state index contributed by atoms with van der Waals surface area (Å²) < 4.78 is 7.33. The van der Waals surface area contributed by atoms with Gasteiger partial charge in [-0.25, -0.2) is 0 Å². The van der Waals surface area contributed by atoms with E-state index < -0.39 is 0 Å². The first-order valence-electron chi connectivity index (χ1n) is 18.8. The molecule has 0 spiro atoms. The number of hydrogen-bond donors (Lipinski definition) is 0. The van der Waals surface area contributed by atoms with E-state index in [9.17, 15) is 0 Å². The van der Waals surface area contributed by atoms with Crippen LogP contribution in [0.25, 0.3) is 33.0 Å². The van der Waals surface area contributed by atoms with Crippen molar-refractivity contribution in [3.8, 4) is 11.1 Å². The molecule has 0 bridgehead atoms. The molecular formula is C49H43NO. The van der Waals surface area contributed by atoms with Gasteiger partial charge in [0, 0.05) is 28.1 Å². The lowest BCUT2D eigenvalue weighted by atomic mass is 9.77. The molecule has 0 radical (unpaired) electrons. The van der Waals surface area contributed by atoms with Crippen molar-refractivity contribution < 1.29 is 4.74 Å². The highest BCUT2D eigenvalue weighted by Gasteiger charge is 2.48. The molecule has 5 aromatic rings. The van der Waals surface area contributed by atoms with Gasteiger partial charge in [-0.2, -0.15) is 0 Å². The predicted molar refractivity (Wildman–Crippen MR) is 213 cm³/mol. The van der Waals surface area contributed by atoms with Crippen LogP contribution in [-0.2, 0) is 10.2 Å². The molecule has 2 nitrogen and oxygen atoms in total. The van der Waals surface area contributed by atoms with Crippen LogP contribution in [0.1, 0.15) is 56.2 Å². The molecule has 1 heterocycles. The zero-order valence-electron chi connectivity index (χ0n) is 29.4. The summed E-state index contributed by atoms with van der Waals surface area (Å²) in [6, 6.07) is 42.7. The summed E-state index contributed by atoms with van der Waals surface area (Å²) in [5.74, 6) is 0.382. The SMILES string of the molecule is CC1(C)C2=C(CCC=C2)c2cc(N(c3cccc4cc(-c5ccccc5)ccc34)C3C=CC=C4C5CCC=C(c6ccccc6)C5OC43)ccc21. The van der Waals surface area contributed by atoms with E-state index in [1.807, 2.05) is 0 Å². The van der Waals surface area contributed by atoms with E-state index in [4.69, 9.17) is 4.74 Å². The Hall–Kier alpha value is -5.18. The average Bonchev–Trinajstić information content (AvgIpc) is 3.68. The normalized spacial score (nSPS) is 24.0. The highest BCUT2D eigenvalue weighted by molar-refractivity contribution is 5.99. The minimum atomic E-state index is -0.0499. The second kappa shape index (κ2) is 12.0. The van der Waals surface area contributed by atoms with E-state index >= 15 is 0 Å². The third-order valence-corrected chi connectivity index (χ3v) is 12.2. The maximum atomic E-state index is 7.33. The van der Waals surface area contributed by atoms with E-state index in [1.54, 1.807) is 0 Å². The lowest BCUT2D eigenvalue weighted by Gasteiger charge is -2.38. The largest absolute Gasteiger partial charge is 0.363 e. The summed E-state index contributed by atoms with van der Waals surface area (Å²) in [4.78, 5) is 2.60. The molecule has 1 fully saturated rings. The number of nitrogens with zero attached hydrogens (tertiary/aromatic N) is 1. The van der Waals surface area contributed by atoms with Crippen LogP contribution in [0.3, 0.4) is 0 Å². The van der Waals surface area contributed by atoms with Gasteiger partial charge in [0.15, 0.2) is 0 Å². The molecule has 10 rings (SSSR count). The molecule has 4 unspecified atom stereocenters. The van der Waals surface area contributed by atoms with Crippen LogP contribution in [0.4, 0.5) is 11.4 Å². The molecule has 51 heavy (non-hydrogen) atoms. The van der Waals surface area contributed by atoms with Crippen molar-refractivity contribution in [1.29, 1.82) is 0 Å². The fourth-order valence-electron chi connectivity index (χ4n) is 9.78. The number of anilines is 2. The molecule has 250 valence electrons. The van der Waals surface area contributed by atoms with Crippen LogP contribution in [-0.4, -0.2) is 18.2 Å². The first-order valence-corrected chi connectivity index (χ1v) is 18.8. The number of ether oxygens (including phenoxy) is 1. The second-order valence-electron chi connectivity index (χ2n) is 15.4. The van der Waals surface area contributed by atoms with Gasteiger partial charge in [0.05, 0.1) is 12.1 Å². The Balaban J connectivity index is 1.12. The summed E-state index contributed by atoms with van der Waals surface area (Å²) in [5, 5.41) is 2.50. The lowest BCUT2D eigenvalue weighted by Crippen LogP contribution is -2.41. The molecule has 4 atom stereocenters. The van der Waals surface area contributed by atoms with Crippen LogP contribution < -0.4 is 4.90 Å². The van der Waals surface area contributed by atoms with Crippen molar-refractivity contribution in [3.05, 3.63) is 180 Å². The Bertz CT molecular complexity index is 2340. The first-order chi connectivity index (χ1) is 25.1. The third-order valence-electron chi connectivity index (χ3n) is 12.2. The Morgan fingerprint density at radius 1 is 0.745 bits per heavy atom. The van der Waals surface area contributed by atoms with Crippen molar-refractivity contribution >= 4 is 33.3 Å². The Morgan fingerprint density at radius 3 is 2.41 bits per heavy atom. The van der Waals surface area contributed by atoms with E-state index in [1.165, 1.54) is 72.3 Å². The highest BCUT2D eigenvalue weighted by Crippen LogP contribution is 2.53. The van der Waals surface area contributed by atoms with Gasteiger partial charge in [-0.3, -0.25) is 0 Å². The smallest absolute Gasteiger partial charge is 0.104 e. The van der Waals surface area contributed by atoms with Gasteiger partial charge in [0.2, 0.25) is 0 Å². The molecule has 0 N–H and O–H groups in total. The molecule has 0 aromatic heterocycles. The standard InChI is InChI=1S/C49H43NO/c1-49(2)43-23-10-9-19-39(43)42-31-36(27-29-44(42)49)50(45-24-11-18-35-30-34(26-28-37(35)45)32-14-5-3-6-15-32)46-25-13-22-41-40-21-12-20-38(47(40)51-48(41)46)33-16-7-4-8-17-33/h3-8,10-11,13-18,20,22-31,40,46-48H,9,12,19,21H2,1-2H3. The molecule has 4 aliphatic carbocycles. The van der Waals surface area contributed by atoms with Crippen molar-refractivity contribution in [2.24, 2.45) is 5.92 Å². The lowest BCUT2D eigenvalue weighted by molar-refractivity contribution is 0.0641. The summed E-state index contributed by atoms with van der Waals surface area (Å²) in [5.41, 5.74) is 14.8. The van der Waals surface area contributed by atoms with Crippen molar-refractivity contribution in [2.75, 3.05) is 4.90 Å². The maximum Gasteiger partial charge on any atom is 0.104 e. The van der Waals surface area contributed by atoms with Gasteiger partial charge < -0.3 is 9.64 Å². The molecule has 1 saturated heterocycles. The van der Waals surface area contributed by atoms with E-state index in [-0.39, 0.29) is 23.7 Å². The number of benzene rings is 5. The summed E-state index contributed by atoms with van der Waals surface area (Å²) in [6.07, 6.45) is 18.6. The van der Waals surface area contributed by atoms with Gasteiger partial charge in [0.1, 0.15) is 6.10 Å². The molecule has 0 amide bonds. The van der Waals surface area contributed by atoms with Gasteiger partial charge in [-0.05, 0) is 105 Å². The van der Waals surface area contributed by atoms with Crippen LogP contribution in [0, 0.1) is 5.92 Å². The summed E-state index contributed by atoms with van der Waals surface area (Å²) in [7, 11) is 0. The van der Waals surface area contributed by atoms with Gasteiger partial charge in [-0.1, -0.05) is 141 Å². The monoisotopic (exact) mass is 661 g/mol. The quantitative estimate of drug-likeness (QED) is 0.186. The minimum absolute atomic E-state index is 0.000752. The van der Waals surface area contributed by atoms with Gasteiger partial charge in [0.25, 0.3) is 0 Å². The Morgan fingerprint density at radius 2 is 1.57 bits per heavy atom. The van der Waals surface area contributed by atoms with E-state index in [0.29, 0.717) is 5.92 Å². The molecule has 5 aliphatic rings. The fourth-order valence-corrected chi connectivity index (χ4v) is 9.78. The summed E-state index contributed by atoms with van der Waals surface area (Å²) >= 11 is 0. The maximum absolute atomic E-state index is 7.33. The van der Waals surface area contributed by atoms with Crippen LogP contribution >= 0.6 is 0 Å². The topological polar surface area (TPSA) is 12.5 Å². The zero-order chi connectivity index (χ0) is 34.1. The summed E-state index contributed by atoms with van der Waals surface area (Å²) in [6.45, 7) is 4.78. The highest BCUT2D eigenvalue weighted by atomic mass is 16.5. The number of allylic oxidation sites excluding steroid dienone is 7. The molecule has 5 aromatic carbocycles. The minimum Gasteiger partial charge on any atom is -0.363 e. The molecule has 0 saturated carbocycles. The molecule has 2 heteroatoms.